The van der Waals surface area contributed by atoms with Gasteiger partial charge in [-0.05, 0) is 36.4 Å². The number of anilines is 2. The van der Waals surface area contributed by atoms with Gasteiger partial charge in [-0.25, -0.2) is 0 Å². The Morgan fingerprint density at radius 1 is 1.24 bits per heavy atom. The van der Waals surface area contributed by atoms with Crippen molar-refractivity contribution >= 4 is 17.3 Å². The first kappa shape index (κ1) is 11.1. The second kappa shape index (κ2) is 4.65. The van der Waals surface area contributed by atoms with Crippen molar-refractivity contribution in [3.8, 4) is 0 Å². The number of aromatic nitrogens is 1. The first-order chi connectivity index (χ1) is 8.18. The van der Waals surface area contributed by atoms with Gasteiger partial charge in [-0.2, -0.15) is 0 Å². The minimum Gasteiger partial charge on any atom is -0.399 e. The summed E-state index contributed by atoms with van der Waals surface area (Å²) in [5, 5.41) is 0. The summed E-state index contributed by atoms with van der Waals surface area (Å²) in [5.74, 6) is -0.0852. The van der Waals surface area contributed by atoms with Crippen LogP contribution in [0.4, 0.5) is 11.4 Å². The van der Waals surface area contributed by atoms with Gasteiger partial charge < -0.3 is 10.6 Å². The zero-order valence-electron chi connectivity index (χ0n) is 9.50. The average Bonchev–Trinajstić information content (AvgIpc) is 2.39. The number of rotatable bonds is 2. The summed E-state index contributed by atoms with van der Waals surface area (Å²) in [4.78, 5) is 17.6. The lowest BCUT2D eigenvalue weighted by Crippen LogP contribution is -2.26. The lowest BCUT2D eigenvalue weighted by atomic mass is 10.2. The van der Waals surface area contributed by atoms with Crippen molar-refractivity contribution in [2.45, 2.75) is 0 Å². The van der Waals surface area contributed by atoms with Crippen LogP contribution in [-0.4, -0.2) is 17.9 Å². The van der Waals surface area contributed by atoms with Crippen LogP contribution in [-0.2, 0) is 0 Å². The summed E-state index contributed by atoms with van der Waals surface area (Å²) in [7, 11) is 1.72. The summed E-state index contributed by atoms with van der Waals surface area (Å²) in [6.45, 7) is 0. The van der Waals surface area contributed by atoms with E-state index in [0.717, 1.165) is 5.69 Å². The van der Waals surface area contributed by atoms with Crippen LogP contribution in [0.15, 0.2) is 48.8 Å². The third kappa shape index (κ3) is 2.42. The second-order valence-electron chi connectivity index (χ2n) is 3.70. The molecular weight excluding hydrogens is 214 g/mol. The summed E-state index contributed by atoms with van der Waals surface area (Å²) < 4.78 is 0. The Labute approximate surface area is 99.7 Å². The van der Waals surface area contributed by atoms with Gasteiger partial charge in [0.15, 0.2) is 0 Å². The van der Waals surface area contributed by atoms with Gasteiger partial charge in [-0.15, -0.1) is 0 Å². The molecule has 0 bridgehead atoms. The van der Waals surface area contributed by atoms with Crippen LogP contribution in [0.1, 0.15) is 10.4 Å². The smallest absolute Gasteiger partial charge is 0.258 e. The number of pyridine rings is 1. The third-order valence-corrected chi connectivity index (χ3v) is 2.50. The summed E-state index contributed by atoms with van der Waals surface area (Å²) in [6, 6.07) is 10.5. The molecule has 4 heteroatoms. The van der Waals surface area contributed by atoms with E-state index in [1.54, 1.807) is 54.7 Å². The fourth-order valence-electron chi connectivity index (χ4n) is 1.49. The number of nitrogen functional groups attached to an aromatic ring is 1. The molecule has 1 amide bonds. The fourth-order valence-corrected chi connectivity index (χ4v) is 1.49. The third-order valence-electron chi connectivity index (χ3n) is 2.50. The van der Waals surface area contributed by atoms with E-state index in [1.807, 2.05) is 6.07 Å². The van der Waals surface area contributed by atoms with Crippen LogP contribution < -0.4 is 10.6 Å². The van der Waals surface area contributed by atoms with E-state index in [-0.39, 0.29) is 5.91 Å². The Morgan fingerprint density at radius 3 is 2.53 bits per heavy atom. The van der Waals surface area contributed by atoms with Crippen molar-refractivity contribution in [3.05, 3.63) is 54.4 Å². The van der Waals surface area contributed by atoms with Crippen LogP contribution in [0.2, 0.25) is 0 Å². The molecule has 0 atom stereocenters. The fraction of sp³-hybridized carbons (Fsp3) is 0.0769. The normalized spacial score (nSPS) is 9.94. The van der Waals surface area contributed by atoms with E-state index in [9.17, 15) is 4.79 Å². The number of nitrogens with zero attached hydrogens (tertiary/aromatic N) is 2. The maximum Gasteiger partial charge on any atom is 0.258 e. The lowest BCUT2D eigenvalue weighted by Gasteiger charge is -2.16. The second-order valence-corrected chi connectivity index (χ2v) is 3.70. The molecule has 17 heavy (non-hydrogen) atoms. The molecule has 0 saturated heterocycles. The zero-order valence-corrected chi connectivity index (χ0v) is 9.50. The van der Waals surface area contributed by atoms with Crippen LogP contribution in [0.5, 0.6) is 0 Å². The number of carbonyl (C=O) groups excluding carboxylic acids is 1. The molecule has 1 aromatic heterocycles. The van der Waals surface area contributed by atoms with Gasteiger partial charge in [0.25, 0.3) is 5.91 Å². The average molecular weight is 227 g/mol. The summed E-state index contributed by atoms with van der Waals surface area (Å²) >= 11 is 0. The number of hydrogen-bond donors (Lipinski definition) is 1. The largest absolute Gasteiger partial charge is 0.399 e. The van der Waals surface area contributed by atoms with Crippen molar-refractivity contribution in [2.24, 2.45) is 0 Å². The molecule has 0 spiro atoms. The molecule has 2 N–H and O–H groups in total. The SMILES string of the molecule is CN(C(=O)c1ccc(N)cc1)c1cccnc1. The van der Waals surface area contributed by atoms with Crippen LogP contribution >= 0.6 is 0 Å². The van der Waals surface area contributed by atoms with Crippen molar-refractivity contribution in [2.75, 3.05) is 17.7 Å². The maximum atomic E-state index is 12.1. The van der Waals surface area contributed by atoms with E-state index in [4.69, 9.17) is 5.73 Å². The topological polar surface area (TPSA) is 59.2 Å². The van der Waals surface area contributed by atoms with Gasteiger partial charge in [-0.1, -0.05) is 0 Å². The standard InChI is InChI=1S/C13H13N3O/c1-16(12-3-2-8-15-9-12)13(17)10-4-6-11(14)7-5-10/h2-9H,14H2,1H3. The lowest BCUT2D eigenvalue weighted by molar-refractivity contribution is 0.0993. The highest BCUT2D eigenvalue weighted by molar-refractivity contribution is 6.05. The molecule has 1 aromatic carbocycles. The number of amides is 1. The zero-order chi connectivity index (χ0) is 12.3. The number of benzene rings is 1. The minimum absolute atomic E-state index is 0.0852. The van der Waals surface area contributed by atoms with Gasteiger partial charge >= 0.3 is 0 Å². The quantitative estimate of drug-likeness (QED) is 0.797. The van der Waals surface area contributed by atoms with Crippen LogP contribution in [0.3, 0.4) is 0 Å². The van der Waals surface area contributed by atoms with Gasteiger partial charge in [0, 0.05) is 24.5 Å². The molecule has 4 nitrogen and oxygen atoms in total. The monoisotopic (exact) mass is 227 g/mol. The Kier molecular flexibility index (Phi) is 3.05. The minimum atomic E-state index is -0.0852. The Hall–Kier alpha value is -2.36. The Morgan fingerprint density at radius 2 is 1.94 bits per heavy atom. The summed E-state index contributed by atoms with van der Waals surface area (Å²) in [6.07, 6.45) is 3.32. The maximum absolute atomic E-state index is 12.1. The predicted octanol–water partition coefficient (Wildman–Crippen LogP) is 1.94. The highest BCUT2D eigenvalue weighted by Gasteiger charge is 2.12. The molecular formula is C13H13N3O. The van der Waals surface area contributed by atoms with E-state index in [0.29, 0.717) is 11.3 Å². The highest BCUT2D eigenvalue weighted by Crippen LogP contribution is 2.14. The van der Waals surface area contributed by atoms with Gasteiger partial charge in [0.2, 0.25) is 0 Å². The molecule has 0 aliphatic carbocycles. The predicted molar refractivity (Wildman–Crippen MR) is 67.8 cm³/mol. The molecule has 0 aliphatic heterocycles. The molecule has 0 aliphatic rings. The molecule has 0 fully saturated rings. The van der Waals surface area contributed by atoms with Crippen molar-refractivity contribution in [1.82, 2.24) is 4.98 Å². The van der Waals surface area contributed by atoms with E-state index in [2.05, 4.69) is 4.98 Å². The number of hydrogen-bond acceptors (Lipinski definition) is 3. The molecule has 1 heterocycles. The molecule has 0 saturated carbocycles. The van der Waals surface area contributed by atoms with E-state index < -0.39 is 0 Å². The van der Waals surface area contributed by atoms with Crippen LogP contribution in [0, 0.1) is 0 Å². The van der Waals surface area contributed by atoms with E-state index in [1.165, 1.54) is 0 Å². The first-order valence-corrected chi connectivity index (χ1v) is 5.22. The number of carbonyl (C=O) groups is 1. The first-order valence-electron chi connectivity index (χ1n) is 5.22. The Bertz CT molecular complexity index is 508. The van der Waals surface area contributed by atoms with Gasteiger partial charge in [-0.3, -0.25) is 9.78 Å². The highest BCUT2D eigenvalue weighted by atomic mass is 16.2. The number of nitrogens with two attached hydrogens (primary N) is 1. The molecule has 2 aromatic rings. The summed E-state index contributed by atoms with van der Waals surface area (Å²) in [5.41, 5.74) is 7.58. The van der Waals surface area contributed by atoms with Crippen molar-refractivity contribution in [3.63, 3.8) is 0 Å². The molecule has 2 rings (SSSR count). The Balaban J connectivity index is 2.23. The van der Waals surface area contributed by atoms with Crippen molar-refractivity contribution < 1.29 is 4.79 Å². The van der Waals surface area contributed by atoms with Crippen LogP contribution in [0.25, 0.3) is 0 Å². The van der Waals surface area contributed by atoms with E-state index >= 15 is 0 Å². The van der Waals surface area contributed by atoms with Gasteiger partial charge in [0.05, 0.1) is 11.9 Å². The van der Waals surface area contributed by atoms with Crippen molar-refractivity contribution in [1.29, 1.82) is 0 Å². The molecule has 86 valence electrons. The van der Waals surface area contributed by atoms with Gasteiger partial charge in [0.1, 0.15) is 0 Å². The molecule has 0 radical (unpaired) electrons. The molecule has 0 unspecified atom stereocenters.